The van der Waals surface area contributed by atoms with E-state index >= 15 is 0 Å². The smallest absolute Gasteiger partial charge is 0.133 e. The molecule has 1 nitrogen and oxygen atoms in total. The average molecular weight is 301 g/mol. The van der Waals surface area contributed by atoms with Crippen molar-refractivity contribution in [1.29, 1.82) is 0 Å². The van der Waals surface area contributed by atoms with Crippen molar-refractivity contribution in [3.8, 4) is 0 Å². The monoisotopic (exact) mass is 301 g/mol. The molecule has 0 saturated heterocycles. The summed E-state index contributed by atoms with van der Waals surface area (Å²) in [4.78, 5) is 0. The lowest BCUT2D eigenvalue weighted by Crippen LogP contribution is -2.24. The lowest BCUT2D eigenvalue weighted by Gasteiger charge is -2.20. The van der Waals surface area contributed by atoms with Gasteiger partial charge in [0.1, 0.15) is 17.5 Å². The molecule has 1 N–H and O–H groups in total. The van der Waals surface area contributed by atoms with E-state index in [1.165, 1.54) is 12.8 Å². The SMILES string of the molecule is CCCCCCCC(NCCC)c1c(F)cc(F)cc1F. The fourth-order valence-corrected chi connectivity index (χ4v) is 2.51. The molecule has 1 aromatic carbocycles. The molecule has 4 heteroatoms. The highest BCUT2D eigenvalue weighted by Gasteiger charge is 2.20. The molecule has 0 saturated carbocycles. The Balaban J connectivity index is 2.72. The molecule has 0 radical (unpaired) electrons. The zero-order valence-electron chi connectivity index (χ0n) is 13.0. The highest BCUT2D eigenvalue weighted by atomic mass is 19.1. The first-order valence-electron chi connectivity index (χ1n) is 7.98. The van der Waals surface area contributed by atoms with Gasteiger partial charge in [-0.2, -0.15) is 0 Å². The molecule has 1 atom stereocenters. The van der Waals surface area contributed by atoms with Crippen molar-refractivity contribution < 1.29 is 13.2 Å². The normalized spacial score (nSPS) is 12.6. The Kier molecular flexibility index (Phi) is 8.43. The van der Waals surface area contributed by atoms with E-state index < -0.39 is 17.5 Å². The Morgan fingerprint density at radius 2 is 1.52 bits per heavy atom. The predicted octanol–water partition coefficient (Wildman–Crippen LogP) is 5.51. The average Bonchev–Trinajstić information content (AvgIpc) is 2.42. The topological polar surface area (TPSA) is 12.0 Å². The van der Waals surface area contributed by atoms with Gasteiger partial charge < -0.3 is 5.32 Å². The first-order valence-corrected chi connectivity index (χ1v) is 7.98. The van der Waals surface area contributed by atoms with Gasteiger partial charge in [0, 0.05) is 23.7 Å². The van der Waals surface area contributed by atoms with E-state index in [9.17, 15) is 13.2 Å². The van der Waals surface area contributed by atoms with Crippen molar-refractivity contribution in [2.24, 2.45) is 0 Å². The zero-order valence-corrected chi connectivity index (χ0v) is 13.0. The standard InChI is InChI=1S/C17H26F3N/c1-3-5-6-7-8-9-16(21-10-4-2)17-14(19)11-13(18)12-15(17)20/h11-12,16,21H,3-10H2,1-2H3. The summed E-state index contributed by atoms with van der Waals surface area (Å²) in [6.45, 7) is 4.84. The van der Waals surface area contributed by atoms with Gasteiger partial charge in [-0.15, -0.1) is 0 Å². The molecule has 1 unspecified atom stereocenters. The summed E-state index contributed by atoms with van der Waals surface area (Å²) in [5.41, 5.74) is -0.0275. The molecule has 120 valence electrons. The lowest BCUT2D eigenvalue weighted by molar-refractivity contribution is 0.423. The summed E-state index contributed by atoms with van der Waals surface area (Å²) in [7, 11) is 0. The minimum Gasteiger partial charge on any atom is -0.310 e. The van der Waals surface area contributed by atoms with Crippen LogP contribution >= 0.6 is 0 Å². The molecule has 1 rings (SSSR count). The van der Waals surface area contributed by atoms with Gasteiger partial charge in [-0.1, -0.05) is 46.0 Å². The third kappa shape index (κ3) is 6.08. The van der Waals surface area contributed by atoms with Crippen LogP contribution in [0.3, 0.4) is 0 Å². The third-order valence-corrected chi connectivity index (χ3v) is 3.63. The third-order valence-electron chi connectivity index (χ3n) is 3.63. The van der Waals surface area contributed by atoms with Crippen LogP contribution in [0.25, 0.3) is 0 Å². The fraction of sp³-hybridized carbons (Fsp3) is 0.647. The fourth-order valence-electron chi connectivity index (χ4n) is 2.51. The van der Waals surface area contributed by atoms with E-state index in [-0.39, 0.29) is 11.6 Å². The van der Waals surface area contributed by atoms with Gasteiger partial charge in [0.15, 0.2) is 0 Å². The van der Waals surface area contributed by atoms with E-state index in [0.717, 1.165) is 37.8 Å². The van der Waals surface area contributed by atoms with Crippen molar-refractivity contribution in [3.05, 3.63) is 35.1 Å². The molecule has 0 aliphatic carbocycles. The largest absolute Gasteiger partial charge is 0.310 e. The summed E-state index contributed by atoms with van der Waals surface area (Å²) in [5.74, 6) is -2.46. The van der Waals surface area contributed by atoms with E-state index in [2.05, 4.69) is 12.2 Å². The minimum atomic E-state index is -0.870. The van der Waals surface area contributed by atoms with Gasteiger partial charge in [0.05, 0.1) is 0 Å². The number of hydrogen-bond acceptors (Lipinski definition) is 1. The maximum absolute atomic E-state index is 13.9. The Morgan fingerprint density at radius 1 is 0.905 bits per heavy atom. The van der Waals surface area contributed by atoms with Crippen LogP contribution in [-0.4, -0.2) is 6.54 Å². The summed E-state index contributed by atoms with van der Waals surface area (Å²) in [5, 5.41) is 3.18. The Hall–Kier alpha value is -1.03. The number of hydrogen-bond donors (Lipinski definition) is 1. The summed E-state index contributed by atoms with van der Waals surface area (Å²) in [6, 6.07) is 1.14. The highest BCUT2D eigenvalue weighted by Crippen LogP contribution is 2.26. The van der Waals surface area contributed by atoms with Crippen LogP contribution in [-0.2, 0) is 0 Å². The number of halogens is 3. The van der Waals surface area contributed by atoms with Crippen molar-refractivity contribution in [1.82, 2.24) is 5.32 Å². The van der Waals surface area contributed by atoms with E-state index in [1.54, 1.807) is 0 Å². The van der Waals surface area contributed by atoms with Crippen LogP contribution in [0.15, 0.2) is 12.1 Å². The molecule has 0 aliphatic rings. The second-order valence-electron chi connectivity index (χ2n) is 5.49. The molecular weight excluding hydrogens is 275 g/mol. The molecule has 1 aromatic rings. The van der Waals surface area contributed by atoms with Gasteiger partial charge in [-0.05, 0) is 19.4 Å². The van der Waals surface area contributed by atoms with Crippen LogP contribution in [0.5, 0.6) is 0 Å². The van der Waals surface area contributed by atoms with Crippen LogP contribution < -0.4 is 5.32 Å². The van der Waals surface area contributed by atoms with E-state index in [4.69, 9.17) is 0 Å². The molecule has 0 spiro atoms. The highest BCUT2D eigenvalue weighted by molar-refractivity contribution is 5.24. The Morgan fingerprint density at radius 3 is 2.10 bits per heavy atom. The molecule has 21 heavy (non-hydrogen) atoms. The van der Waals surface area contributed by atoms with E-state index in [1.807, 2.05) is 6.92 Å². The minimum absolute atomic E-state index is 0.0275. The second kappa shape index (κ2) is 9.82. The van der Waals surface area contributed by atoms with Crippen molar-refractivity contribution >= 4 is 0 Å². The quantitative estimate of drug-likeness (QED) is 0.562. The lowest BCUT2D eigenvalue weighted by atomic mass is 9.98. The Bertz CT molecular complexity index is 397. The van der Waals surface area contributed by atoms with Gasteiger partial charge in [-0.25, -0.2) is 13.2 Å². The molecule has 0 amide bonds. The van der Waals surface area contributed by atoms with Gasteiger partial charge >= 0.3 is 0 Å². The summed E-state index contributed by atoms with van der Waals surface area (Å²) >= 11 is 0. The molecule has 0 aromatic heterocycles. The number of unbranched alkanes of at least 4 members (excludes halogenated alkanes) is 4. The molecule has 0 heterocycles. The molecule has 0 fully saturated rings. The van der Waals surface area contributed by atoms with Crippen molar-refractivity contribution in [2.75, 3.05) is 6.54 Å². The predicted molar refractivity (Wildman–Crippen MR) is 80.7 cm³/mol. The Labute approximate surface area is 125 Å². The van der Waals surface area contributed by atoms with Gasteiger partial charge in [0.2, 0.25) is 0 Å². The first kappa shape index (κ1) is 18.0. The van der Waals surface area contributed by atoms with Gasteiger partial charge in [-0.3, -0.25) is 0 Å². The van der Waals surface area contributed by atoms with Gasteiger partial charge in [0.25, 0.3) is 0 Å². The van der Waals surface area contributed by atoms with E-state index in [0.29, 0.717) is 13.0 Å². The maximum Gasteiger partial charge on any atom is 0.133 e. The van der Waals surface area contributed by atoms with Crippen molar-refractivity contribution in [3.63, 3.8) is 0 Å². The summed E-state index contributed by atoms with van der Waals surface area (Å²) < 4.78 is 40.8. The van der Waals surface area contributed by atoms with Crippen LogP contribution in [0.4, 0.5) is 13.2 Å². The first-order chi connectivity index (χ1) is 10.1. The number of nitrogens with one attached hydrogen (secondary N) is 1. The van der Waals surface area contributed by atoms with Crippen molar-refractivity contribution in [2.45, 2.75) is 64.8 Å². The molecule has 0 bridgehead atoms. The second-order valence-corrected chi connectivity index (χ2v) is 5.49. The molecule has 0 aliphatic heterocycles. The summed E-state index contributed by atoms with van der Waals surface area (Å²) in [6.07, 6.45) is 7.02. The number of rotatable bonds is 10. The molecular formula is C17H26F3N. The number of benzene rings is 1. The van der Waals surface area contributed by atoms with Crippen LogP contribution in [0.1, 0.15) is 70.4 Å². The van der Waals surface area contributed by atoms with Crippen LogP contribution in [0.2, 0.25) is 0 Å². The van der Waals surface area contributed by atoms with Crippen LogP contribution in [0, 0.1) is 17.5 Å². The maximum atomic E-state index is 13.9. The zero-order chi connectivity index (χ0) is 15.7.